The summed E-state index contributed by atoms with van der Waals surface area (Å²) < 4.78 is 27.2. The van der Waals surface area contributed by atoms with Crippen LogP contribution in [0.25, 0.3) is 0 Å². The van der Waals surface area contributed by atoms with E-state index >= 15 is 0 Å². The van der Waals surface area contributed by atoms with E-state index in [2.05, 4.69) is 10.0 Å². The van der Waals surface area contributed by atoms with Gasteiger partial charge < -0.3 is 5.32 Å². The number of rotatable bonds is 6. The first-order chi connectivity index (χ1) is 9.13. The predicted octanol–water partition coefficient (Wildman–Crippen LogP) is 3.37. The SMILES string of the molecule is CCCNc1ccccc1S(=O)(=O)Nc1ccsc1. The first kappa shape index (κ1) is 13.9. The lowest BCUT2D eigenvalue weighted by atomic mass is 10.3. The molecular formula is C13H16N2O2S2. The molecule has 0 saturated heterocycles. The Morgan fingerprint density at radius 1 is 1.21 bits per heavy atom. The Labute approximate surface area is 117 Å². The topological polar surface area (TPSA) is 58.2 Å². The van der Waals surface area contributed by atoms with Crippen molar-refractivity contribution in [1.29, 1.82) is 0 Å². The van der Waals surface area contributed by atoms with Crippen LogP contribution >= 0.6 is 11.3 Å². The molecule has 0 aliphatic rings. The lowest BCUT2D eigenvalue weighted by Gasteiger charge is -2.12. The summed E-state index contributed by atoms with van der Waals surface area (Å²) in [6.07, 6.45) is 0.937. The molecule has 1 aromatic heterocycles. The monoisotopic (exact) mass is 296 g/mol. The molecule has 19 heavy (non-hydrogen) atoms. The second-order valence-electron chi connectivity index (χ2n) is 4.04. The van der Waals surface area contributed by atoms with Crippen molar-refractivity contribution >= 4 is 32.7 Å². The molecule has 102 valence electrons. The van der Waals surface area contributed by atoms with Gasteiger partial charge >= 0.3 is 0 Å². The minimum absolute atomic E-state index is 0.273. The minimum Gasteiger partial charge on any atom is -0.384 e. The Bertz CT molecular complexity index is 622. The molecule has 0 unspecified atom stereocenters. The zero-order chi connectivity index (χ0) is 13.7. The van der Waals surface area contributed by atoms with Gasteiger partial charge in [-0.1, -0.05) is 19.1 Å². The van der Waals surface area contributed by atoms with Crippen molar-refractivity contribution < 1.29 is 8.42 Å². The number of para-hydroxylation sites is 1. The van der Waals surface area contributed by atoms with Gasteiger partial charge in [0.05, 0.1) is 11.4 Å². The Kier molecular flexibility index (Phi) is 4.44. The third-order valence-electron chi connectivity index (χ3n) is 2.52. The van der Waals surface area contributed by atoms with Crippen LogP contribution < -0.4 is 10.0 Å². The largest absolute Gasteiger partial charge is 0.384 e. The molecule has 1 aromatic carbocycles. The van der Waals surface area contributed by atoms with Crippen molar-refractivity contribution in [3.05, 3.63) is 41.1 Å². The van der Waals surface area contributed by atoms with E-state index in [0.29, 0.717) is 11.4 Å². The summed E-state index contributed by atoms with van der Waals surface area (Å²) >= 11 is 1.45. The molecule has 6 heteroatoms. The Balaban J connectivity index is 2.29. The molecule has 0 fully saturated rings. The van der Waals surface area contributed by atoms with E-state index in [-0.39, 0.29) is 4.90 Å². The van der Waals surface area contributed by atoms with Crippen LogP contribution in [0.2, 0.25) is 0 Å². The van der Waals surface area contributed by atoms with E-state index < -0.39 is 10.0 Å². The second-order valence-corrected chi connectivity index (χ2v) is 6.47. The van der Waals surface area contributed by atoms with Crippen LogP contribution in [0.4, 0.5) is 11.4 Å². The molecule has 2 rings (SSSR count). The van der Waals surface area contributed by atoms with Crippen LogP contribution in [-0.2, 0) is 10.0 Å². The van der Waals surface area contributed by atoms with Gasteiger partial charge in [-0.2, -0.15) is 11.3 Å². The third-order valence-corrected chi connectivity index (χ3v) is 4.64. The van der Waals surface area contributed by atoms with E-state index in [9.17, 15) is 8.42 Å². The first-order valence-corrected chi connectivity index (χ1v) is 8.44. The summed E-state index contributed by atoms with van der Waals surface area (Å²) in [5, 5.41) is 6.73. The highest BCUT2D eigenvalue weighted by Gasteiger charge is 2.18. The average Bonchev–Trinajstić information content (AvgIpc) is 2.88. The normalized spacial score (nSPS) is 11.2. The van der Waals surface area contributed by atoms with Crippen molar-refractivity contribution in [2.45, 2.75) is 18.2 Å². The molecule has 1 heterocycles. The second kappa shape index (κ2) is 6.08. The minimum atomic E-state index is -3.55. The quantitative estimate of drug-likeness (QED) is 0.859. The van der Waals surface area contributed by atoms with Crippen LogP contribution in [0, 0.1) is 0 Å². The van der Waals surface area contributed by atoms with E-state index in [1.807, 2.05) is 18.4 Å². The van der Waals surface area contributed by atoms with Gasteiger partial charge in [-0.05, 0) is 30.0 Å². The van der Waals surface area contributed by atoms with E-state index in [4.69, 9.17) is 0 Å². The van der Waals surface area contributed by atoms with Gasteiger partial charge in [-0.15, -0.1) is 0 Å². The van der Waals surface area contributed by atoms with Crippen molar-refractivity contribution in [2.75, 3.05) is 16.6 Å². The lowest BCUT2D eigenvalue weighted by molar-refractivity contribution is 0.601. The van der Waals surface area contributed by atoms with E-state index in [1.54, 1.807) is 29.6 Å². The van der Waals surface area contributed by atoms with E-state index in [0.717, 1.165) is 13.0 Å². The van der Waals surface area contributed by atoms with Crippen molar-refractivity contribution in [2.24, 2.45) is 0 Å². The number of thiophene rings is 1. The molecule has 0 spiro atoms. The molecular weight excluding hydrogens is 280 g/mol. The molecule has 0 aliphatic carbocycles. The van der Waals surface area contributed by atoms with Crippen LogP contribution in [0.15, 0.2) is 46.0 Å². The molecule has 0 bridgehead atoms. The zero-order valence-corrected chi connectivity index (χ0v) is 12.2. The maximum absolute atomic E-state index is 12.3. The maximum atomic E-state index is 12.3. The summed E-state index contributed by atoms with van der Waals surface area (Å²) in [7, 11) is -3.55. The Morgan fingerprint density at radius 2 is 2.00 bits per heavy atom. The number of hydrogen-bond acceptors (Lipinski definition) is 4. The predicted molar refractivity (Wildman–Crippen MR) is 80.4 cm³/mol. The standard InChI is InChI=1S/C13H16N2O2S2/c1-2-8-14-12-5-3-4-6-13(12)19(16,17)15-11-7-9-18-10-11/h3-7,9-10,14-15H,2,8H2,1H3. The first-order valence-electron chi connectivity index (χ1n) is 6.01. The highest BCUT2D eigenvalue weighted by molar-refractivity contribution is 7.92. The number of hydrogen-bond donors (Lipinski definition) is 2. The van der Waals surface area contributed by atoms with E-state index in [1.165, 1.54) is 11.3 Å². The fourth-order valence-electron chi connectivity index (χ4n) is 1.64. The van der Waals surface area contributed by atoms with Crippen molar-refractivity contribution in [3.8, 4) is 0 Å². The fraction of sp³-hybridized carbons (Fsp3) is 0.231. The number of benzene rings is 1. The van der Waals surface area contributed by atoms with Crippen LogP contribution in [-0.4, -0.2) is 15.0 Å². The van der Waals surface area contributed by atoms with Crippen molar-refractivity contribution in [1.82, 2.24) is 0 Å². The smallest absolute Gasteiger partial charge is 0.263 e. The molecule has 2 N–H and O–H groups in total. The van der Waals surface area contributed by atoms with Crippen LogP contribution in [0.1, 0.15) is 13.3 Å². The van der Waals surface area contributed by atoms with Gasteiger partial charge in [0.2, 0.25) is 0 Å². The molecule has 0 radical (unpaired) electrons. The number of nitrogens with one attached hydrogen (secondary N) is 2. The molecule has 0 amide bonds. The summed E-state index contributed by atoms with van der Waals surface area (Å²) in [6.45, 7) is 2.78. The average molecular weight is 296 g/mol. The van der Waals surface area contributed by atoms with Crippen LogP contribution in [0.3, 0.4) is 0 Å². The van der Waals surface area contributed by atoms with Gasteiger partial charge in [0.1, 0.15) is 4.90 Å². The van der Waals surface area contributed by atoms with Gasteiger partial charge in [0.15, 0.2) is 0 Å². The van der Waals surface area contributed by atoms with Gasteiger partial charge in [0, 0.05) is 11.9 Å². The van der Waals surface area contributed by atoms with Gasteiger partial charge in [-0.25, -0.2) is 8.42 Å². The molecule has 0 saturated carbocycles. The summed E-state index contributed by atoms with van der Waals surface area (Å²) in [6, 6.07) is 8.66. The van der Waals surface area contributed by atoms with Crippen molar-refractivity contribution in [3.63, 3.8) is 0 Å². The number of anilines is 2. The van der Waals surface area contributed by atoms with Gasteiger partial charge in [-0.3, -0.25) is 4.72 Å². The third kappa shape index (κ3) is 3.48. The molecule has 0 atom stereocenters. The summed E-state index contributed by atoms with van der Waals surface area (Å²) in [5.74, 6) is 0. The molecule has 0 aliphatic heterocycles. The maximum Gasteiger partial charge on any atom is 0.263 e. The summed E-state index contributed by atoms with van der Waals surface area (Å²) in [4.78, 5) is 0.273. The molecule has 2 aromatic rings. The Hall–Kier alpha value is -1.53. The molecule has 4 nitrogen and oxygen atoms in total. The zero-order valence-electron chi connectivity index (χ0n) is 10.6. The Morgan fingerprint density at radius 3 is 2.68 bits per heavy atom. The number of sulfonamides is 1. The highest BCUT2D eigenvalue weighted by Crippen LogP contribution is 2.24. The summed E-state index contributed by atoms with van der Waals surface area (Å²) in [5.41, 5.74) is 1.22. The fourth-order valence-corrected chi connectivity index (χ4v) is 3.54. The van der Waals surface area contributed by atoms with Crippen LogP contribution in [0.5, 0.6) is 0 Å². The highest BCUT2D eigenvalue weighted by atomic mass is 32.2. The van der Waals surface area contributed by atoms with Gasteiger partial charge in [0.25, 0.3) is 10.0 Å². The lowest BCUT2D eigenvalue weighted by Crippen LogP contribution is -2.15.